The Bertz CT molecular complexity index is 1120. The zero-order valence-electron chi connectivity index (χ0n) is 17.5. The van der Waals surface area contributed by atoms with E-state index in [1.54, 1.807) is 0 Å². The van der Waals surface area contributed by atoms with Crippen LogP contribution in [-0.2, 0) is 30.3 Å². The number of methoxy groups -OCH3 is 2. The number of fused-ring (bicyclic) bond motifs is 2. The molecule has 3 aromatic rings. The molecule has 1 aliphatic carbocycles. The molecule has 1 unspecified atom stereocenters. The Morgan fingerprint density at radius 1 is 0.935 bits per heavy atom. The second-order valence-corrected chi connectivity index (χ2v) is 8.13. The highest BCUT2D eigenvalue weighted by molar-refractivity contribution is 6.05. The lowest BCUT2D eigenvalue weighted by molar-refractivity contribution is -0.179. The van der Waals surface area contributed by atoms with Crippen LogP contribution in [0.3, 0.4) is 0 Å². The molecule has 1 aliphatic rings. The molecule has 1 fully saturated rings. The van der Waals surface area contributed by atoms with Crippen LogP contribution in [0.4, 0.5) is 0 Å². The van der Waals surface area contributed by atoms with E-state index in [0.29, 0.717) is 0 Å². The maximum Gasteiger partial charge on any atom is 0.323 e. The minimum Gasteiger partial charge on any atom is -0.480 e. The fourth-order valence-electron chi connectivity index (χ4n) is 4.86. The highest BCUT2D eigenvalue weighted by Crippen LogP contribution is 2.50. The first kappa shape index (κ1) is 20.8. The molecule has 1 saturated carbocycles. The van der Waals surface area contributed by atoms with Crippen molar-refractivity contribution in [2.45, 2.75) is 19.3 Å². The Morgan fingerprint density at radius 3 is 1.97 bits per heavy atom. The normalized spacial score (nSPS) is 19.9. The van der Waals surface area contributed by atoms with Crippen molar-refractivity contribution in [2.75, 3.05) is 14.2 Å². The third-order valence-electron chi connectivity index (χ3n) is 6.64. The molecule has 31 heavy (non-hydrogen) atoms. The van der Waals surface area contributed by atoms with E-state index in [4.69, 9.17) is 9.47 Å². The van der Waals surface area contributed by atoms with Gasteiger partial charge in [-0.25, -0.2) is 0 Å². The predicted octanol–water partition coefficient (Wildman–Crippen LogP) is 3.98. The molecule has 160 valence electrons. The van der Waals surface area contributed by atoms with E-state index in [-0.39, 0.29) is 25.2 Å². The van der Waals surface area contributed by atoms with Gasteiger partial charge in [0.15, 0.2) is 5.41 Å². The van der Waals surface area contributed by atoms with Gasteiger partial charge in [-0.15, -0.1) is 0 Å². The number of hydrogen-bond acceptors (Lipinski definition) is 5. The highest BCUT2D eigenvalue weighted by Gasteiger charge is 2.59. The van der Waals surface area contributed by atoms with Gasteiger partial charge in [-0.05, 0) is 51.9 Å². The zero-order valence-corrected chi connectivity index (χ0v) is 17.5. The van der Waals surface area contributed by atoms with Crippen molar-refractivity contribution in [2.24, 2.45) is 17.3 Å². The molecular formula is C25H24O6. The van der Waals surface area contributed by atoms with E-state index in [1.165, 1.54) is 14.2 Å². The molecule has 6 nitrogen and oxygen atoms in total. The average Bonchev–Trinajstić information content (AvgIpc) is 2.75. The lowest BCUT2D eigenvalue weighted by atomic mass is 9.58. The van der Waals surface area contributed by atoms with Gasteiger partial charge < -0.3 is 14.6 Å². The molecule has 0 spiro atoms. The van der Waals surface area contributed by atoms with Crippen LogP contribution < -0.4 is 0 Å². The van der Waals surface area contributed by atoms with E-state index in [9.17, 15) is 19.5 Å². The fourth-order valence-corrected chi connectivity index (χ4v) is 4.86. The summed E-state index contributed by atoms with van der Waals surface area (Å²) in [5.74, 6) is -3.33. The number of aliphatic carboxylic acids is 1. The van der Waals surface area contributed by atoms with Crippen molar-refractivity contribution in [3.05, 3.63) is 60.2 Å². The summed E-state index contributed by atoms with van der Waals surface area (Å²) in [7, 11) is 2.51. The van der Waals surface area contributed by atoms with Crippen LogP contribution in [0.25, 0.3) is 21.5 Å². The van der Waals surface area contributed by atoms with Gasteiger partial charge in [-0.1, -0.05) is 48.5 Å². The minimum atomic E-state index is -1.79. The van der Waals surface area contributed by atoms with E-state index >= 15 is 0 Å². The molecule has 0 amide bonds. The van der Waals surface area contributed by atoms with E-state index in [2.05, 4.69) is 6.07 Å². The largest absolute Gasteiger partial charge is 0.480 e. The molecule has 0 heterocycles. The van der Waals surface area contributed by atoms with Crippen LogP contribution >= 0.6 is 0 Å². The Balaban J connectivity index is 1.88. The summed E-state index contributed by atoms with van der Waals surface area (Å²) in [4.78, 5) is 37.6. The van der Waals surface area contributed by atoms with Crippen LogP contribution in [0.15, 0.2) is 54.6 Å². The van der Waals surface area contributed by atoms with E-state index in [1.807, 2.05) is 48.5 Å². The number of carboxylic acid groups (broad SMARTS) is 1. The van der Waals surface area contributed by atoms with Gasteiger partial charge in [0.25, 0.3) is 0 Å². The molecule has 0 saturated heterocycles. The lowest BCUT2D eigenvalue weighted by Gasteiger charge is -2.43. The Morgan fingerprint density at radius 2 is 1.48 bits per heavy atom. The molecule has 1 atom stereocenters. The number of ether oxygens (including phenoxy) is 2. The van der Waals surface area contributed by atoms with Crippen molar-refractivity contribution in [1.29, 1.82) is 0 Å². The number of hydrogen-bond donors (Lipinski definition) is 1. The number of benzene rings is 3. The standard InChI is InChI=1S/C25H24O6/c1-30-22(26)17-12-18(13-17)25(23(27)28,24(29)31-2)14-21-19-9-5-3-7-15(19)11-16-8-4-6-10-20(16)21/h3-11,17-18H,12-14H2,1-2H3,(H,27,28). The molecule has 0 aliphatic heterocycles. The second kappa shape index (κ2) is 8.02. The van der Waals surface area contributed by atoms with Crippen LogP contribution in [-0.4, -0.2) is 37.2 Å². The summed E-state index contributed by atoms with van der Waals surface area (Å²) in [6.45, 7) is 0. The van der Waals surface area contributed by atoms with Crippen LogP contribution in [0.5, 0.6) is 0 Å². The number of esters is 2. The monoisotopic (exact) mass is 420 g/mol. The first-order valence-electron chi connectivity index (χ1n) is 10.2. The average molecular weight is 420 g/mol. The number of carboxylic acids is 1. The lowest BCUT2D eigenvalue weighted by Crippen LogP contribution is -2.53. The zero-order chi connectivity index (χ0) is 22.2. The fraction of sp³-hybridized carbons (Fsp3) is 0.320. The molecule has 1 N–H and O–H groups in total. The summed E-state index contributed by atoms with van der Waals surface area (Å²) < 4.78 is 9.81. The molecule has 0 bridgehead atoms. The van der Waals surface area contributed by atoms with Crippen molar-refractivity contribution >= 4 is 39.5 Å². The molecule has 0 aromatic heterocycles. The first-order chi connectivity index (χ1) is 14.9. The van der Waals surface area contributed by atoms with Gasteiger partial charge >= 0.3 is 17.9 Å². The SMILES string of the molecule is COC(=O)C1CC(C(Cc2c3ccccc3cc3ccccc23)(C(=O)O)C(=O)OC)C1. The van der Waals surface area contributed by atoms with Gasteiger partial charge in [0, 0.05) is 6.42 Å². The van der Waals surface area contributed by atoms with Crippen LogP contribution in [0.2, 0.25) is 0 Å². The van der Waals surface area contributed by atoms with Crippen molar-refractivity contribution in [3.63, 3.8) is 0 Å². The van der Waals surface area contributed by atoms with Gasteiger partial charge in [-0.2, -0.15) is 0 Å². The van der Waals surface area contributed by atoms with Crippen LogP contribution in [0, 0.1) is 17.3 Å². The van der Waals surface area contributed by atoms with Crippen LogP contribution in [0.1, 0.15) is 18.4 Å². The maximum atomic E-state index is 13.0. The van der Waals surface area contributed by atoms with Gasteiger partial charge in [0.1, 0.15) is 0 Å². The summed E-state index contributed by atoms with van der Waals surface area (Å²) >= 11 is 0. The van der Waals surface area contributed by atoms with Crippen molar-refractivity contribution < 1.29 is 29.0 Å². The third kappa shape index (κ3) is 3.32. The maximum absolute atomic E-state index is 13.0. The third-order valence-corrected chi connectivity index (χ3v) is 6.64. The predicted molar refractivity (Wildman–Crippen MR) is 115 cm³/mol. The van der Waals surface area contributed by atoms with Gasteiger partial charge in [0.2, 0.25) is 0 Å². The summed E-state index contributed by atoms with van der Waals surface area (Å²) in [5, 5.41) is 14.1. The molecule has 3 aromatic carbocycles. The van der Waals surface area contributed by atoms with E-state index < -0.39 is 29.2 Å². The molecule has 4 rings (SSSR count). The second-order valence-electron chi connectivity index (χ2n) is 8.13. The first-order valence-corrected chi connectivity index (χ1v) is 10.2. The summed E-state index contributed by atoms with van der Waals surface area (Å²) in [5.41, 5.74) is -0.991. The Kier molecular flexibility index (Phi) is 5.39. The topological polar surface area (TPSA) is 89.9 Å². The Labute approximate surface area is 179 Å². The highest BCUT2D eigenvalue weighted by atomic mass is 16.5. The smallest absolute Gasteiger partial charge is 0.323 e. The summed E-state index contributed by atoms with van der Waals surface area (Å²) in [6.07, 6.45) is 0.531. The van der Waals surface area contributed by atoms with Crippen molar-refractivity contribution in [1.82, 2.24) is 0 Å². The number of rotatable bonds is 6. The van der Waals surface area contributed by atoms with E-state index in [0.717, 1.165) is 27.1 Å². The molecule has 0 radical (unpaired) electrons. The number of carbonyl (C=O) groups is 3. The minimum absolute atomic E-state index is 0.0184. The summed E-state index contributed by atoms with van der Waals surface area (Å²) in [6, 6.07) is 17.6. The molecular weight excluding hydrogens is 396 g/mol. The molecule has 6 heteroatoms. The Hall–Kier alpha value is -3.41. The van der Waals surface area contributed by atoms with Gasteiger partial charge in [0.05, 0.1) is 20.1 Å². The van der Waals surface area contributed by atoms with Gasteiger partial charge in [-0.3, -0.25) is 14.4 Å². The van der Waals surface area contributed by atoms with Crippen molar-refractivity contribution in [3.8, 4) is 0 Å². The number of carbonyl (C=O) groups excluding carboxylic acids is 2. The quantitative estimate of drug-likeness (QED) is 0.369.